The smallest absolute Gasteiger partial charge is 0.258 e. The molecule has 8 nitrogen and oxygen atoms in total. The Kier molecular flexibility index (Phi) is 4.26. The number of nitrogens with one attached hydrogen (secondary N) is 1. The fourth-order valence-electron chi connectivity index (χ4n) is 2.36. The van der Waals surface area contributed by atoms with Gasteiger partial charge in [0, 0.05) is 19.3 Å². The minimum Gasteiger partial charge on any atom is -0.381 e. The minimum absolute atomic E-state index is 0.122. The molecule has 0 aliphatic carbocycles. The van der Waals surface area contributed by atoms with Crippen molar-refractivity contribution >= 4 is 17.5 Å². The van der Waals surface area contributed by atoms with Gasteiger partial charge in [-0.25, -0.2) is 4.98 Å². The van der Waals surface area contributed by atoms with E-state index in [-0.39, 0.29) is 11.3 Å². The molecule has 1 saturated heterocycles. The molecule has 1 atom stereocenters. The molecule has 0 radical (unpaired) electrons. The third-order valence-corrected chi connectivity index (χ3v) is 3.72. The van der Waals surface area contributed by atoms with Crippen molar-refractivity contribution in [3.8, 4) is 5.95 Å². The number of rotatable bonds is 4. The zero-order valence-corrected chi connectivity index (χ0v) is 12.4. The Bertz CT molecular complexity index is 585. The first kappa shape index (κ1) is 14.2. The van der Waals surface area contributed by atoms with Crippen LogP contribution in [0.15, 0.2) is 12.7 Å². The summed E-state index contributed by atoms with van der Waals surface area (Å²) in [4.78, 5) is 16.3. The van der Waals surface area contributed by atoms with Crippen LogP contribution in [0.2, 0.25) is 5.28 Å². The molecule has 21 heavy (non-hydrogen) atoms. The summed E-state index contributed by atoms with van der Waals surface area (Å²) in [6.07, 6.45) is 4.98. The Morgan fingerprint density at radius 1 is 1.33 bits per heavy atom. The second-order valence-electron chi connectivity index (χ2n) is 4.95. The topological polar surface area (TPSA) is 90.6 Å². The Balaban J connectivity index is 1.75. The molecule has 1 unspecified atom stereocenters. The minimum atomic E-state index is 0.122. The molecule has 1 aliphatic rings. The van der Waals surface area contributed by atoms with Crippen molar-refractivity contribution in [2.75, 3.05) is 18.5 Å². The maximum absolute atomic E-state index is 5.95. The normalized spacial score (nSPS) is 17.6. The Morgan fingerprint density at radius 2 is 2.14 bits per heavy atom. The van der Waals surface area contributed by atoms with Gasteiger partial charge in [0.15, 0.2) is 0 Å². The lowest BCUT2D eigenvalue weighted by molar-refractivity contribution is 0.0621. The molecular weight excluding hydrogens is 294 g/mol. The van der Waals surface area contributed by atoms with E-state index in [0.29, 0.717) is 17.8 Å². The molecule has 2 aromatic rings. The van der Waals surface area contributed by atoms with E-state index in [1.807, 2.05) is 0 Å². The van der Waals surface area contributed by atoms with Crippen molar-refractivity contribution in [3.05, 3.63) is 17.9 Å². The van der Waals surface area contributed by atoms with Crippen LogP contribution in [0.4, 0.5) is 5.95 Å². The molecule has 9 heteroatoms. The van der Waals surface area contributed by atoms with Crippen molar-refractivity contribution in [1.29, 1.82) is 0 Å². The third-order valence-electron chi connectivity index (χ3n) is 3.55. The summed E-state index contributed by atoms with van der Waals surface area (Å²) in [6.45, 7) is 3.72. The van der Waals surface area contributed by atoms with Crippen LogP contribution in [-0.2, 0) is 4.74 Å². The molecule has 1 aliphatic heterocycles. The van der Waals surface area contributed by atoms with Gasteiger partial charge < -0.3 is 10.1 Å². The second kappa shape index (κ2) is 6.31. The maximum Gasteiger partial charge on any atom is 0.258 e. The summed E-state index contributed by atoms with van der Waals surface area (Å²) in [5, 5.41) is 7.40. The maximum atomic E-state index is 5.95. The van der Waals surface area contributed by atoms with Gasteiger partial charge in [0.1, 0.15) is 12.7 Å². The lowest BCUT2D eigenvalue weighted by Crippen LogP contribution is -2.31. The average Bonchev–Trinajstić information content (AvgIpc) is 3.02. The van der Waals surface area contributed by atoms with Crippen LogP contribution in [-0.4, -0.2) is 49.0 Å². The largest absolute Gasteiger partial charge is 0.381 e. The molecule has 0 bridgehead atoms. The van der Waals surface area contributed by atoms with Gasteiger partial charge in [-0.2, -0.15) is 24.7 Å². The van der Waals surface area contributed by atoms with Crippen molar-refractivity contribution in [1.82, 2.24) is 29.7 Å². The first-order valence-corrected chi connectivity index (χ1v) is 7.21. The van der Waals surface area contributed by atoms with Crippen molar-refractivity contribution in [3.63, 3.8) is 0 Å². The highest BCUT2D eigenvalue weighted by atomic mass is 35.5. The van der Waals surface area contributed by atoms with Crippen molar-refractivity contribution in [2.45, 2.75) is 25.8 Å². The van der Waals surface area contributed by atoms with Gasteiger partial charge in [0.05, 0.1) is 0 Å². The summed E-state index contributed by atoms with van der Waals surface area (Å²) >= 11 is 5.95. The summed E-state index contributed by atoms with van der Waals surface area (Å²) < 4.78 is 6.82. The van der Waals surface area contributed by atoms with E-state index in [1.165, 1.54) is 17.3 Å². The fourth-order valence-corrected chi connectivity index (χ4v) is 2.51. The second-order valence-corrected chi connectivity index (χ2v) is 5.29. The van der Waals surface area contributed by atoms with E-state index in [2.05, 4.69) is 37.3 Å². The number of hydrogen-bond donors (Lipinski definition) is 1. The molecule has 0 spiro atoms. The molecule has 1 fully saturated rings. The predicted octanol–water partition coefficient (Wildman–Crippen LogP) is 1.33. The molecule has 0 saturated carbocycles. The van der Waals surface area contributed by atoms with Gasteiger partial charge in [0.25, 0.3) is 5.95 Å². The van der Waals surface area contributed by atoms with Gasteiger partial charge in [-0.1, -0.05) is 0 Å². The van der Waals surface area contributed by atoms with Crippen LogP contribution in [0.25, 0.3) is 5.95 Å². The highest BCUT2D eigenvalue weighted by molar-refractivity contribution is 6.28. The van der Waals surface area contributed by atoms with E-state index in [4.69, 9.17) is 16.3 Å². The predicted molar refractivity (Wildman–Crippen MR) is 76.4 cm³/mol. The summed E-state index contributed by atoms with van der Waals surface area (Å²) in [6, 6.07) is 0.232. The Morgan fingerprint density at radius 3 is 2.86 bits per heavy atom. The summed E-state index contributed by atoms with van der Waals surface area (Å²) in [5.41, 5.74) is 0. The van der Waals surface area contributed by atoms with E-state index < -0.39 is 0 Å². The van der Waals surface area contributed by atoms with Crippen LogP contribution >= 0.6 is 11.6 Å². The molecular formula is C12H16ClN7O. The summed E-state index contributed by atoms with van der Waals surface area (Å²) in [7, 11) is 0. The van der Waals surface area contributed by atoms with E-state index in [1.54, 1.807) is 0 Å². The lowest BCUT2D eigenvalue weighted by Gasteiger charge is -2.28. The highest BCUT2D eigenvalue weighted by Crippen LogP contribution is 2.21. The zero-order valence-electron chi connectivity index (χ0n) is 11.6. The van der Waals surface area contributed by atoms with Crippen molar-refractivity contribution < 1.29 is 4.74 Å². The van der Waals surface area contributed by atoms with Crippen LogP contribution in [0.1, 0.15) is 19.8 Å². The fraction of sp³-hybridized carbons (Fsp3) is 0.583. The van der Waals surface area contributed by atoms with E-state index in [9.17, 15) is 0 Å². The van der Waals surface area contributed by atoms with Gasteiger partial charge >= 0.3 is 0 Å². The van der Waals surface area contributed by atoms with Crippen LogP contribution in [0.3, 0.4) is 0 Å². The zero-order chi connectivity index (χ0) is 14.7. The number of nitrogens with zero attached hydrogens (tertiary/aromatic N) is 6. The molecule has 0 aromatic carbocycles. The van der Waals surface area contributed by atoms with Crippen LogP contribution < -0.4 is 5.32 Å². The number of hydrogen-bond acceptors (Lipinski definition) is 7. The first-order valence-electron chi connectivity index (χ1n) is 6.83. The van der Waals surface area contributed by atoms with E-state index >= 15 is 0 Å². The Labute approximate surface area is 126 Å². The van der Waals surface area contributed by atoms with Gasteiger partial charge in [-0.15, -0.1) is 0 Å². The first-order chi connectivity index (χ1) is 10.2. The van der Waals surface area contributed by atoms with Crippen molar-refractivity contribution in [2.24, 2.45) is 5.92 Å². The van der Waals surface area contributed by atoms with Crippen LogP contribution in [0.5, 0.6) is 0 Å². The molecule has 2 aromatic heterocycles. The number of ether oxygens (including phenoxy) is 1. The highest BCUT2D eigenvalue weighted by Gasteiger charge is 2.21. The molecule has 1 N–H and O–H groups in total. The summed E-state index contributed by atoms with van der Waals surface area (Å²) in [5.74, 6) is 1.32. The molecule has 112 valence electrons. The lowest BCUT2D eigenvalue weighted by atomic mass is 9.93. The number of halogens is 1. The third kappa shape index (κ3) is 3.45. The monoisotopic (exact) mass is 309 g/mol. The van der Waals surface area contributed by atoms with Gasteiger partial charge in [-0.3, -0.25) is 0 Å². The Hall–Kier alpha value is -1.80. The number of anilines is 1. The molecule has 3 heterocycles. The quantitative estimate of drug-likeness (QED) is 0.911. The van der Waals surface area contributed by atoms with E-state index in [0.717, 1.165) is 26.1 Å². The SMILES string of the molecule is CC(Nc1nc(Cl)nc(-n2cncn2)n1)C1CCOCC1. The van der Waals surface area contributed by atoms with Gasteiger partial charge in [0.2, 0.25) is 11.2 Å². The standard InChI is InChI=1S/C12H16ClN7O/c1-8(9-2-4-21-5-3-9)16-11-17-10(13)18-12(19-11)20-7-14-6-15-20/h6-9H,2-5H2,1H3,(H,16,17,18,19). The molecule has 0 amide bonds. The van der Waals surface area contributed by atoms with Crippen LogP contribution in [0, 0.1) is 5.92 Å². The molecule has 3 rings (SSSR count). The van der Waals surface area contributed by atoms with Gasteiger partial charge in [-0.05, 0) is 37.3 Å². The average molecular weight is 310 g/mol. The number of aromatic nitrogens is 6.